The van der Waals surface area contributed by atoms with E-state index in [0.717, 1.165) is 44.2 Å². The number of phenols is 1. The highest BCUT2D eigenvalue weighted by Gasteiger charge is 2.56. The molecule has 2 aliphatic heterocycles. The molecule has 1 aromatic rings. The highest BCUT2D eigenvalue weighted by atomic mass is 16.5. The number of rotatable bonds is 5. The summed E-state index contributed by atoms with van der Waals surface area (Å²) in [6, 6.07) is 3.98. The molecule has 2 heterocycles. The number of likely N-dealkylation sites (tertiary alicyclic amines) is 1. The molecule has 10 heteroatoms. The fourth-order valence-corrected chi connectivity index (χ4v) is 7.46. The number of aromatic hydroxyl groups is 1. The SMILES string of the molecule is COc1c(O)ccc2c1[C@]13CCN(C)[C@H](C2)[C@@H]1CC[C@@H](NC(=O)CC1OC(CO)C(O)C(O)C1O)C3. The zero-order valence-electron chi connectivity index (χ0n) is 20.8. The van der Waals surface area contributed by atoms with Crippen molar-refractivity contribution < 1.29 is 39.8 Å². The van der Waals surface area contributed by atoms with Crippen LogP contribution in [0.3, 0.4) is 0 Å². The summed E-state index contributed by atoms with van der Waals surface area (Å²) in [5.41, 5.74) is 2.03. The van der Waals surface area contributed by atoms with Gasteiger partial charge in [-0.1, -0.05) is 6.07 Å². The lowest BCUT2D eigenvalue weighted by Gasteiger charge is -2.59. The van der Waals surface area contributed by atoms with E-state index in [0.29, 0.717) is 17.7 Å². The summed E-state index contributed by atoms with van der Waals surface area (Å²) >= 11 is 0. The number of fused-ring (bicyclic) bond motifs is 1. The van der Waals surface area contributed by atoms with Crippen LogP contribution in [0.15, 0.2) is 12.1 Å². The highest BCUT2D eigenvalue weighted by Crippen LogP contribution is 2.59. The molecule has 2 saturated heterocycles. The zero-order chi connectivity index (χ0) is 25.8. The Kier molecular flexibility index (Phi) is 6.95. The van der Waals surface area contributed by atoms with Gasteiger partial charge in [0.1, 0.15) is 24.4 Å². The van der Waals surface area contributed by atoms with E-state index >= 15 is 0 Å². The fourth-order valence-electron chi connectivity index (χ4n) is 7.46. The lowest BCUT2D eigenvalue weighted by molar-refractivity contribution is -0.229. The van der Waals surface area contributed by atoms with Crippen molar-refractivity contribution in [3.63, 3.8) is 0 Å². The number of aliphatic hydroxyl groups is 4. The van der Waals surface area contributed by atoms with Gasteiger partial charge in [-0.2, -0.15) is 0 Å². The molecule has 9 atom stereocenters. The average molecular weight is 507 g/mol. The van der Waals surface area contributed by atoms with E-state index in [2.05, 4.69) is 17.3 Å². The van der Waals surface area contributed by atoms with E-state index < -0.39 is 37.1 Å². The van der Waals surface area contributed by atoms with E-state index in [-0.39, 0.29) is 29.5 Å². The normalized spacial score (nSPS) is 40.2. The van der Waals surface area contributed by atoms with Crippen LogP contribution in [0.1, 0.15) is 43.2 Å². The average Bonchev–Trinajstić information content (AvgIpc) is 2.86. The Bertz CT molecular complexity index is 989. The number of phenolic OH excluding ortho intramolecular Hbond substituents is 1. The van der Waals surface area contributed by atoms with Gasteiger partial charge >= 0.3 is 0 Å². The molecule has 5 rings (SSSR count). The Hall–Kier alpha value is -1.95. The van der Waals surface area contributed by atoms with Crippen molar-refractivity contribution in [1.29, 1.82) is 0 Å². The molecular weight excluding hydrogens is 468 g/mol. The minimum absolute atomic E-state index is 0.110. The first-order valence-electron chi connectivity index (χ1n) is 12.9. The molecule has 200 valence electrons. The molecule has 6 N–H and O–H groups in total. The van der Waals surface area contributed by atoms with Crippen molar-refractivity contribution in [1.82, 2.24) is 10.2 Å². The predicted molar refractivity (Wildman–Crippen MR) is 129 cm³/mol. The molecule has 4 aliphatic rings. The first-order valence-corrected chi connectivity index (χ1v) is 12.9. The smallest absolute Gasteiger partial charge is 0.222 e. The van der Waals surface area contributed by atoms with Gasteiger partial charge in [-0.25, -0.2) is 0 Å². The number of hydrogen-bond acceptors (Lipinski definition) is 9. The van der Waals surface area contributed by atoms with Gasteiger partial charge in [-0.05, 0) is 63.2 Å². The van der Waals surface area contributed by atoms with Crippen LogP contribution in [0, 0.1) is 5.92 Å². The Balaban J connectivity index is 1.36. The molecule has 1 amide bonds. The van der Waals surface area contributed by atoms with Gasteiger partial charge in [0.05, 0.1) is 26.2 Å². The Morgan fingerprint density at radius 2 is 1.94 bits per heavy atom. The summed E-state index contributed by atoms with van der Waals surface area (Å²) in [4.78, 5) is 15.5. The first-order chi connectivity index (χ1) is 17.2. The molecule has 0 aromatic heterocycles. The molecule has 1 saturated carbocycles. The number of ether oxygens (including phenoxy) is 2. The maximum atomic E-state index is 13.0. The van der Waals surface area contributed by atoms with Crippen molar-refractivity contribution in [3.05, 3.63) is 23.3 Å². The minimum atomic E-state index is -1.50. The zero-order valence-corrected chi connectivity index (χ0v) is 20.8. The van der Waals surface area contributed by atoms with Gasteiger partial charge in [0, 0.05) is 23.1 Å². The number of piperidine rings is 1. The number of benzene rings is 1. The summed E-state index contributed by atoms with van der Waals surface area (Å²) in [6.07, 6.45) is -2.39. The van der Waals surface area contributed by atoms with Crippen molar-refractivity contribution in [3.8, 4) is 11.5 Å². The van der Waals surface area contributed by atoms with Crippen LogP contribution in [-0.2, 0) is 21.4 Å². The Morgan fingerprint density at radius 1 is 1.19 bits per heavy atom. The summed E-state index contributed by atoms with van der Waals surface area (Å²) in [6.45, 7) is 0.393. The maximum Gasteiger partial charge on any atom is 0.222 e. The minimum Gasteiger partial charge on any atom is -0.504 e. The van der Waals surface area contributed by atoms with Gasteiger partial charge in [0.15, 0.2) is 11.5 Å². The number of amides is 1. The number of methoxy groups -OCH3 is 1. The third-order valence-electron chi connectivity index (χ3n) is 9.18. The first kappa shape index (κ1) is 25.7. The summed E-state index contributed by atoms with van der Waals surface area (Å²) in [5.74, 6) is 0.741. The van der Waals surface area contributed by atoms with Crippen LogP contribution in [0.2, 0.25) is 0 Å². The van der Waals surface area contributed by atoms with Crippen molar-refractivity contribution in [2.24, 2.45) is 5.92 Å². The third kappa shape index (κ3) is 4.08. The molecule has 0 spiro atoms. The van der Waals surface area contributed by atoms with Crippen molar-refractivity contribution >= 4 is 5.91 Å². The van der Waals surface area contributed by atoms with E-state index in [1.165, 1.54) is 5.56 Å². The van der Waals surface area contributed by atoms with Gasteiger partial charge in [-0.3, -0.25) is 4.79 Å². The number of aliphatic hydroxyl groups excluding tert-OH is 4. The summed E-state index contributed by atoms with van der Waals surface area (Å²) in [5, 5.41) is 53.5. The van der Waals surface area contributed by atoms with Crippen LogP contribution in [0.25, 0.3) is 0 Å². The topological polar surface area (TPSA) is 152 Å². The molecule has 2 aliphatic carbocycles. The van der Waals surface area contributed by atoms with Crippen LogP contribution in [0.4, 0.5) is 0 Å². The monoisotopic (exact) mass is 506 g/mol. The molecule has 2 bridgehead atoms. The van der Waals surface area contributed by atoms with Crippen LogP contribution in [-0.4, -0.2) is 106 Å². The highest BCUT2D eigenvalue weighted by molar-refractivity contribution is 5.77. The lowest BCUT2D eigenvalue weighted by Crippen LogP contribution is -2.63. The quantitative estimate of drug-likeness (QED) is 0.308. The molecule has 5 unspecified atom stereocenters. The number of carbonyl (C=O) groups excluding carboxylic acids is 1. The van der Waals surface area contributed by atoms with Crippen molar-refractivity contribution in [2.45, 2.75) is 86.5 Å². The van der Waals surface area contributed by atoms with Gasteiger partial charge in [0.25, 0.3) is 0 Å². The number of nitrogens with one attached hydrogen (secondary N) is 1. The molecule has 3 fully saturated rings. The van der Waals surface area contributed by atoms with E-state index in [1.54, 1.807) is 13.2 Å². The summed E-state index contributed by atoms with van der Waals surface area (Å²) in [7, 11) is 3.76. The molecular formula is C26H38N2O8. The summed E-state index contributed by atoms with van der Waals surface area (Å²) < 4.78 is 11.2. The number of likely N-dealkylation sites (N-methyl/N-ethyl adjacent to an activating group) is 1. The van der Waals surface area contributed by atoms with Crippen LogP contribution >= 0.6 is 0 Å². The predicted octanol–water partition coefficient (Wildman–Crippen LogP) is -0.584. The Labute approximate surface area is 210 Å². The van der Waals surface area contributed by atoms with Gasteiger partial charge < -0.3 is 45.2 Å². The number of nitrogens with zero attached hydrogens (tertiary/aromatic N) is 1. The second kappa shape index (κ2) is 9.74. The second-order valence-corrected chi connectivity index (χ2v) is 11.0. The van der Waals surface area contributed by atoms with E-state index in [1.807, 2.05) is 6.07 Å². The van der Waals surface area contributed by atoms with Crippen LogP contribution < -0.4 is 10.1 Å². The largest absolute Gasteiger partial charge is 0.504 e. The van der Waals surface area contributed by atoms with E-state index in [4.69, 9.17) is 9.47 Å². The standard InChI is InChI=1S/C26H38N2O8/c1-28-8-7-26-11-14(27-20(31)10-18-22(32)24(34)23(33)19(12-29)36-18)4-5-15(26)16(28)9-13-3-6-17(30)25(35-2)21(13)26/h3,6,14-16,18-19,22-24,29-30,32-34H,4-5,7-12H2,1-2H3,(H,27,31)/t14-,15+,16-,18?,19?,22?,23?,24?,26+/m1/s1. The lowest BCUT2D eigenvalue weighted by atomic mass is 9.51. The number of hydrogen-bond donors (Lipinski definition) is 6. The Morgan fingerprint density at radius 3 is 2.67 bits per heavy atom. The number of carbonyl (C=O) groups is 1. The third-order valence-corrected chi connectivity index (χ3v) is 9.18. The van der Waals surface area contributed by atoms with E-state index in [9.17, 15) is 30.3 Å². The van der Waals surface area contributed by atoms with Crippen molar-refractivity contribution in [2.75, 3.05) is 27.3 Å². The fraction of sp³-hybridized carbons (Fsp3) is 0.731. The van der Waals surface area contributed by atoms with Crippen LogP contribution in [0.5, 0.6) is 11.5 Å². The molecule has 0 radical (unpaired) electrons. The molecule has 36 heavy (non-hydrogen) atoms. The van der Waals surface area contributed by atoms with Gasteiger partial charge in [0.2, 0.25) is 5.91 Å². The molecule has 10 nitrogen and oxygen atoms in total. The molecule has 1 aromatic carbocycles. The van der Waals surface area contributed by atoms with Gasteiger partial charge in [-0.15, -0.1) is 0 Å². The maximum absolute atomic E-state index is 13.0. The second-order valence-electron chi connectivity index (χ2n) is 11.0.